The summed E-state index contributed by atoms with van der Waals surface area (Å²) < 4.78 is 0. The predicted molar refractivity (Wildman–Crippen MR) is 31.8 cm³/mol. The molecule has 3 heteroatoms. The quantitative estimate of drug-likeness (QED) is 0.515. The molecule has 0 bridgehead atoms. The topological polar surface area (TPSA) is 29.1 Å². The summed E-state index contributed by atoms with van der Waals surface area (Å²) in [6.07, 6.45) is 0.905. The first-order valence-electron chi connectivity index (χ1n) is 2.68. The molecular formula is C5H8ClNO. The predicted octanol–water partition coefficient (Wildman–Crippen LogP) is 0.361. The number of carbonyl (C=O) groups excluding carboxylic acids is 1. The first kappa shape index (κ1) is 5.89. The first-order chi connectivity index (χ1) is 3.84. The van der Waals surface area contributed by atoms with Gasteiger partial charge in [0, 0.05) is 12.4 Å². The molecule has 0 radical (unpaired) electrons. The van der Waals surface area contributed by atoms with E-state index < -0.39 is 0 Å². The van der Waals surface area contributed by atoms with Crippen molar-refractivity contribution in [1.82, 2.24) is 5.32 Å². The molecule has 1 atom stereocenters. The molecular weight excluding hydrogens is 126 g/mol. The third-order valence-electron chi connectivity index (χ3n) is 1.35. The van der Waals surface area contributed by atoms with Crippen molar-refractivity contribution in [3.63, 3.8) is 0 Å². The minimum atomic E-state index is 0.0802. The van der Waals surface area contributed by atoms with Crippen LogP contribution in [0.5, 0.6) is 0 Å². The minimum Gasteiger partial charge on any atom is -0.356 e. The number of alkyl halides is 1. The van der Waals surface area contributed by atoms with Crippen molar-refractivity contribution in [2.45, 2.75) is 6.42 Å². The van der Waals surface area contributed by atoms with Crippen LogP contribution in [0, 0.1) is 5.92 Å². The van der Waals surface area contributed by atoms with Crippen molar-refractivity contribution in [2.24, 2.45) is 5.92 Å². The van der Waals surface area contributed by atoms with E-state index in [0.29, 0.717) is 5.88 Å². The summed E-state index contributed by atoms with van der Waals surface area (Å²) in [5.41, 5.74) is 0. The number of halogens is 1. The van der Waals surface area contributed by atoms with Crippen LogP contribution in [0.15, 0.2) is 0 Å². The lowest BCUT2D eigenvalue weighted by Gasteiger charge is -1.95. The van der Waals surface area contributed by atoms with E-state index >= 15 is 0 Å². The number of rotatable bonds is 1. The van der Waals surface area contributed by atoms with E-state index in [4.69, 9.17) is 11.6 Å². The van der Waals surface area contributed by atoms with Crippen LogP contribution in [0.25, 0.3) is 0 Å². The van der Waals surface area contributed by atoms with E-state index in [-0.39, 0.29) is 11.8 Å². The van der Waals surface area contributed by atoms with Crippen LogP contribution in [0.1, 0.15) is 6.42 Å². The Morgan fingerprint density at radius 2 is 2.62 bits per heavy atom. The fraction of sp³-hybridized carbons (Fsp3) is 0.800. The average molecular weight is 134 g/mol. The molecule has 0 aromatic carbocycles. The highest BCUT2D eigenvalue weighted by Crippen LogP contribution is 2.09. The zero-order valence-electron chi connectivity index (χ0n) is 4.48. The van der Waals surface area contributed by atoms with Crippen LogP contribution in [0.2, 0.25) is 0 Å². The van der Waals surface area contributed by atoms with E-state index in [0.717, 1.165) is 13.0 Å². The summed E-state index contributed by atoms with van der Waals surface area (Å²) in [6, 6.07) is 0. The Hall–Kier alpha value is -0.240. The Balaban J connectivity index is 2.42. The standard InChI is InChI=1S/C5H8ClNO/c6-3-4-1-2-7-5(4)8/h4H,1-3H2,(H,7,8)/t4-/m1/s1. The highest BCUT2D eigenvalue weighted by atomic mass is 35.5. The summed E-state index contributed by atoms with van der Waals surface area (Å²) in [4.78, 5) is 10.6. The Kier molecular flexibility index (Phi) is 1.73. The molecule has 1 heterocycles. The number of carbonyl (C=O) groups is 1. The second-order valence-electron chi connectivity index (χ2n) is 1.93. The lowest BCUT2D eigenvalue weighted by Crippen LogP contribution is -2.19. The molecule has 46 valence electrons. The number of nitrogens with one attached hydrogen (secondary N) is 1. The largest absolute Gasteiger partial charge is 0.356 e. The van der Waals surface area contributed by atoms with Crippen molar-refractivity contribution >= 4 is 17.5 Å². The van der Waals surface area contributed by atoms with Crippen LogP contribution < -0.4 is 5.32 Å². The molecule has 1 fully saturated rings. The molecule has 0 aromatic heterocycles. The van der Waals surface area contributed by atoms with Gasteiger partial charge >= 0.3 is 0 Å². The summed E-state index contributed by atoms with van der Waals surface area (Å²) in [5, 5.41) is 2.70. The van der Waals surface area contributed by atoms with Gasteiger partial charge in [0.15, 0.2) is 0 Å². The Bertz CT molecular complexity index is 105. The van der Waals surface area contributed by atoms with Gasteiger partial charge in [0.25, 0.3) is 0 Å². The van der Waals surface area contributed by atoms with Crippen molar-refractivity contribution < 1.29 is 4.79 Å². The Morgan fingerprint density at radius 1 is 1.88 bits per heavy atom. The number of amides is 1. The molecule has 1 rings (SSSR count). The maximum atomic E-state index is 10.6. The SMILES string of the molecule is O=C1NCC[C@@H]1CCl. The molecule has 0 saturated carbocycles. The lowest BCUT2D eigenvalue weighted by molar-refractivity contribution is -0.121. The average Bonchev–Trinajstić information content (AvgIpc) is 2.14. The maximum Gasteiger partial charge on any atom is 0.224 e. The summed E-state index contributed by atoms with van der Waals surface area (Å²) >= 11 is 5.44. The summed E-state index contributed by atoms with van der Waals surface area (Å²) in [6.45, 7) is 0.802. The molecule has 0 unspecified atom stereocenters. The minimum absolute atomic E-state index is 0.0802. The van der Waals surface area contributed by atoms with Crippen LogP contribution in [-0.2, 0) is 4.79 Å². The molecule has 0 aliphatic carbocycles. The maximum absolute atomic E-state index is 10.6. The van der Waals surface area contributed by atoms with Gasteiger partial charge in [-0.15, -0.1) is 11.6 Å². The zero-order valence-corrected chi connectivity index (χ0v) is 5.24. The molecule has 1 amide bonds. The van der Waals surface area contributed by atoms with Gasteiger partial charge < -0.3 is 5.32 Å². The zero-order chi connectivity index (χ0) is 5.98. The van der Waals surface area contributed by atoms with Gasteiger partial charge in [-0.05, 0) is 6.42 Å². The van der Waals surface area contributed by atoms with E-state index in [1.807, 2.05) is 0 Å². The molecule has 0 aromatic rings. The van der Waals surface area contributed by atoms with E-state index in [2.05, 4.69) is 5.32 Å². The van der Waals surface area contributed by atoms with Crippen LogP contribution in [0.4, 0.5) is 0 Å². The normalized spacial score (nSPS) is 28.1. The summed E-state index contributed by atoms with van der Waals surface area (Å²) in [7, 11) is 0. The number of hydrogen-bond donors (Lipinski definition) is 1. The lowest BCUT2D eigenvalue weighted by atomic mass is 10.1. The fourth-order valence-electron chi connectivity index (χ4n) is 0.792. The molecule has 1 aliphatic rings. The monoisotopic (exact) mass is 133 g/mol. The second-order valence-corrected chi connectivity index (χ2v) is 2.24. The van der Waals surface area contributed by atoms with Gasteiger partial charge in [0.2, 0.25) is 5.91 Å². The van der Waals surface area contributed by atoms with Crippen molar-refractivity contribution in [3.05, 3.63) is 0 Å². The van der Waals surface area contributed by atoms with E-state index in [9.17, 15) is 4.79 Å². The highest BCUT2D eigenvalue weighted by molar-refractivity contribution is 6.19. The van der Waals surface area contributed by atoms with Crippen LogP contribution >= 0.6 is 11.6 Å². The van der Waals surface area contributed by atoms with Gasteiger partial charge in [-0.1, -0.05) is 0 Å². The molecule has 0 spiro atoms. The second kappa shape index (κ2) is 2.35. The van der Waals surface area contributed by atoms with Crippen molar-refractivity contribution in [1.29, 1.82) is 0 Å². The smallest absolute Gasteiger partial charge is 0.224 e. The fourth-order valence-corrected chi connectivity index (χ4v) is 1.09. The highest BCUT2D eigenvalue weighted by Gasteiger charge is 2.21. The van der Waals surface area contributed by atoms with Gasteiger partial charge in [-0.2, -0.15) is 0 Å². The van der Waals surface area contributed by atoms with Gasteiger partial charge in [-0.25, -0.2) is 0 Å². The van der Waals surface area contributed by atoms with Crippen LogP contribution in [0.3, 0.4) is 0 Å². The summed E-state index contributed by atoms with van der Waals surface area (Å²) in [5.74, 6) is 0.655. The molecule has 2 nitrogen and oxygen atoms in total. The number of hydrogen-bond acceptors (Lipinski definition) is 1. The van der Waals surface area contributed by atoms with E-state index in [1.165, 1.54) is 0 Å². The molecule has 1 saturated heterocycles. The third kappa shape index (κ3) is 0.944. The van der Waals surface area contributed by atoms with E-state index in [1.54, 1.807) is 0 Å². The van der Waals surface area contributed by atoms with Crippen LogP contribution in [-0.4, -0.2) is 18.3 Å². The molecule has 8 heavy (non-hydrogen) atoms. The molecule has 1 N–H and O–H groups in total. The Labute approximate surface area is 53.2 Å². The van der Waals surface area contributed by atoms with Crippen molar-refractivity contribution in [3.8, 4) is 0 Å². The molecule has 1 aliphatic heterocycles. The Morgan fingerprint density at radius 3 is 2.88 bits per heavy atom. The first-order valence-corrected chi connectivity index (χ1v) is 3.21. The van der Waals surface area contributed by atoms with Gasteiger partial charge in [0.1, 0.15) is 0 Å². The van der Waals surface area contributed by atoms with Gasteiger partial charge in [0.05, 0.1) is 5.92 Å². The van der Waals surface area contributed by atoms with Gasteiger partial charge in [-0.3, -0.25) is 4.79 Å². The van der Waals surface area contributed by atoms with Crippen molar-refractivity contribution in [2.75, 3.05) is 12.4 Å². The third-order valence-corrected chi connectivity index (χ3v) is 1.72.